The molecule has 0 saturated heterocycles. The highest BCUT2D eigenvalue weighted by Gasteiger charge is 2.40. The molecule has 0 bridgehead atoms. The first-order valence-electron chi connectivity index (χ1n) is 12.4. The van der Waals surface area contributed by atoms with Gasteiger partial charge in [-0.05, 0) is 65.9 Å². The Morgan fingerprint density at radius 2 is 1.67 bits per heavy atom. The molecule has 1 N–H and O–H groups in total. The molecule has 196 valence electrons. The molecule has 3 aliphatic heterocycles. The second kappa shape index (κ2) is 10.4. The molecule has 6 rings (SSSR count). The van der Waals surface area contributed by atoms with Crippen molar-refractivity contribution in [2.45, 2.75) is 25.5 Å². The molecule has 3 heterocycles. The van der Waals surface area contributed by atoms with E-state index in [9.17, 15) is 14.9 Å². The Bertz CT molecular complexity index is 1530. The van der Waals surface area contributed by atoms with Gasteiger partial charge in [0.25, 0.3) is 0 Å². The summed E-state index contributed by atoms with van der Waals surface area (Å²) in [6.45, 7) is 0.251. The normalized spacial score (nSPS) is 18.6. The van der Waals surface area contributed by atoms with Crippen LogP contribution in [0.15, 0.2) is 65.7 Å². The maximum Gasteiger partial charge on any atom is 0.341 e. The van der Waals surface area contributed by atoms with Crippen LogP contribution >= 0.6 is 0 Å². The topological polar surface area (TPSA) is 128 Å². The van der Waals surface area contributed by atoms with Crippen molar-refractivity contribution >= 4 is 17.7 Å². The van der Waals surface area contributed by atoms with Crippen molar-refractivity contribution in [1.29, 1.82) is 5.26 Å². The summed E-state index contributed by atoms with van der Waals surface area (Å²) in [7, 11) is 0. The smallest absolute Gasteiger partial charge is 0.341 e. The Morgan fingerprint density at radius 1 is 0.923 bits per heavy atom. The molecule has 0 radical (unpaired) electrons. The summed E-state index contributed by atoms with van der Waals surface area (Å²) in [6, 6.07) is 18.6. The highest BCUT2D eigenvalue weighted by atomic mass is 16.7. The van der Waals surface area contributed by atoms with Gasteiger partial charge in [0.15, 0.2) is 23.0 Å². The van der Waals surface area contributed by atoms with Crippen LogP contribution in [0.3, 0.4) is 0 Å². The highest BCUT2D eigenvalue weighted by molar-refractivity contribution is 6.09. The number of nitriles is 1. The molecule has 10 nitrogen and oxygen atoms in total. The monoisotopic (exact) mass is 525 g/mol. The van der Waals surface area contributed by atoms with Crippen molar-refractivity contribution in [3.63, 3.8) is 0 Å². The van der Waals surface area contributed by atoms with E-state index >= 15 is 0 Å². The third kappa shape index (κ3) is 5.07. The van der Waals surface area contributed by atoms with Gasteiger partial charge < -0.3 is 29.0 Å². The first-order chi connectivity index (χ1) is 19.1. The molecule has 0 fully saturated rings. The third-order valence-electron chi connectivity index (χ3n) is 6.77. The summed E-state index contributed by atoms with van der Waals surface area (Å²) in [5.41, 5.74) is 3.18. The fourth-order valence-corrected chi connectivity index (χ4v) is 4.85. The molecule has 0 spiro atoms. The predicted octanol–water partition coefficient (Wildman–Crippen LogP) is 4.21. The lowest BCUT2D eigenvalue weighted by atomic mass is 9.85. The lowest BCUT2D eigenvalue weighted by molar-refractivity contribution is -0.148. The minimum absolute atomic E-state index is 0.0257. The molecule has 39 heavy (non-hydrogen) atoms. The predicted molar refractivity (Wildman–Crippen MR) is 137 cm³/mol. The summed E-state index contributed by atoms with van der Waals surface area (Å²) in [4.78, 5) is 30.5. The number of hydrogen-bond donors (Lipinski definition) is 1. The Labute approximate surface area is 223 Å². The van der Waals surface area contributed by atoms with Crippen molar-refractivity contribution in [2.75, 3.05) is 13.6 Å². The number of urea groups is 1. The Hall–Kier alpha value is -5.04. The number of amides is 2. The van der Waals surface area contributed by atoms with Crippen molar-refractivity contribution in [2.24, 2.45) is 10.9 Å². The summed E-state index contributed by atoms with van der Waals surface area (Å²) in [5, 5.41) is 12.0. The Morgan fingerprint density at radius 3 is 2.46 bits per heavy atom. The van der Waals surface area contributed by atoms with Crippen molar-refractivity contribution < 1.29 is 33.3 Å². The summed E-state index contributed by atoms with van der Waals surface area (Å²) < 4.78 is 27.5. The molecule has 3 aliphatic rings. The van der Waals surface area contributed by atoms with Crippen LogP contribution in [-0.2, 0) is 22.6 Å². The molecule has 0 aliphatic carbocycles. The zero-order valence-electron chi connectivity index (χ0n) is 20.7. The first kappa shape index (κ1) is 24.3. The van der Waals surface area contributed by atoms with Crippen LogP contribution in [-0.4, -0.2) is 31.3 Å². The Balaban J connectivity index is 1.27. The second-order valence-corrected chi connectivity index (χ2v) is 9.23. The maximum absolute atomic E-state index is 13.6. The second-order valence-electron chi connectivity index (χ2n) is 9.23. The zero-order chi connectivity index (χ0) is 26.8. The lowest BCUT2D eigenvalue weighted by Crippen LogP contribution is -2.45. The van der Waals surface area contributed by atoms with Crippen LogP contribution in [0.4, 0.5) is 4.79 Å². The van der Waals surface area contributed by atoms with E-state index in [1.807, 2.05) is 18.2 Å². The molecule has 2 atom stereocenters. The van der Waals surface area contributed by atoms with Crippen LogP contribution in [0.25, 0.3) is 0 Å². The average molecular weight is 526 g/mol. The van der Waals surface area contributed by atoms with Crippen molar-refractivity contribution in [1.82, 2.24) is 5.32 Å². The number of aliphatic imine (C=N–C) groups is 1. The van der Waals surface area contributed by atoms with Crippen LogP contribution in [0.5, 0.6) is 23.0 Å². The van der Waals surface area contributed by atoms with Crippen molar-refractivity contribution in [3.05, 3.63) is 82.9 Å². The number of nitrogens with zero attached hydrogens (tertiary/aromatic N) is 2. The van der Waals surface area contributed by atoms with E-state index in [1.54, 1.807) is 42.5 Å². The van der Waals surface area contributed by atoms with E-state index in [4.69, 9.17) is 23.7 Å². The molecule has 3 aromatic carbocycles. The number of carbonyl (C=O) groups excluding carboxylic acids is 2. The number of hydrogen-bond acceptors (Lipinski definition) is 8. The number of esters is 1. The quantitative estimate of drug-likeness (QED) is 0.454. The van der Waals surface area contributed by atoms with Crippen LogP contribution in [0.2, 0.25) is 0 Å². The van der Waals surface area contributed by atoms with Gasteiger partial charge in [-0.2, -0.15) is 5.26 Å². The number of rotatable bonds is 7. The number of benzene rings is 3. The van der Waals surface area contributed by atoms with Gasteiger partial charge in [-0.3, -0.25) is 4.79 Å². The molecule has 2 unspecified atom stereocenters. The summed E-state index contributed by atoms with van der Waals surface area (Å²) in [5.74, 6) is 1.05. The van der Waals surface area contributed by atoms with Gasteiger partial charge in [-0.15, -0.1) is 0 Å². The molecular weight excluding hydrogens is 502 g/mol. The van der Waals surface area contributed by atoms with Gasteiger partial charge >= 0.3 is 12.0 Å². The van der Waals surface area contributed by atoms with Crippen LogP contribution < -0.4 is 24.3 Å². The summed E-state index contributed by atoms with van der Waals surface area (Å²) in [6.07, 6.45) is 0.863. The number of aryl methyl sites for hydroxylation is 1. The lowest BCUT2D eigenvalue weighted by Gasteiger charge is -2.31. The van der Waals surface area contributed by atoms with Gasteiger partial charge in [0.05, 0.1) is 17.7 Å². The number of fused-ring (bicyclic) bond motifs is 2. The van der Waals surface area contributed by atoms with Gasteiger partial charge in [-0.25, -0.2) is 9.79 Å². The standard InChI is InChI=1S/C29H23N3O7/c30-13-18-2-1-3-19(10-18)14-35-28(33)26-21(7-4-17-5-8-22-24(11-17)38-15-36-22)31-29(34)32-27(26)20-6-9-23-25(12-20)39-16-37-23/h1-3,5-6,8-12,26-27H,4,7,14-16H2,(H,32,34). The van der Waals surface area contributed by atoms with E-state index in [2.05, 4.69) is 16.4 Å². The molecule has 0 saturated carbocycles. The van der Waals surface area contributed by atoms with Crippen molar-refractivity contribution in [3.8, 4) is 29.1 Å². The fourth-order valence-electron chi connectivity index (χ4n) is 4.85. The molecule has 0 aromatic heterocycles. The average Bonchev–Trinajstić information content (AvgIpc) is 3.63. The van der Waals surface area contributed by atoms with E-state index < -0.39 is 24.0 Å². The fraction of sp³-hybridized carbons (Fsp3) is 0.241. The molecule has 3 aromatic rings. The van der Waals surface area contributed by atoms with Gasteiger partial charge in [0.1, 0.15) is 12.5 Å². The minimum atomic E-state index is -0.878. The van der Waals surface area contributed by atoms with E-state index in [-0.39, 0.29) is 20.2 Å². The highest BCUT2D eigenvalue weighted by Crippen LogP contribution is 2.38. The van der Waals surface area contributed by atoms with E-state index in [1.165, 1.54) is 0 Å². The van der Waals surface area contributed by atoms with Crippen LogP contribution in [0.1, 0.15) is 34.7 Å². The van der Waals surface area contributed by atoms with E-state index in [0.29, 0.717) is 58.2 Å². The maximum atomic E-state index is 13.6. The van der Waals surface area contributed by atoms with Gasteiger partial charge in [0.2, 0.25) is 13.6 Å². The molecule has 10 heteroatoms. The number of carbonyl (C=O) groups is 2. The summed E-state index contributed by atoms with van der Waals surface area (Å²) >= 11 is 0. The van der Waals surface area contributed by atoms with Crippen LogP contribution in [0, 0.1) is 17.2 Å². The minimum Gasteiger partial charge on any atom is -0.460 e. The van der Waals surface area contributed by atoms with Gasteiger partial charge in [0, 0.05) is 5.71 Å². The third-order valence-corrected chi connectivity index (χ3v) is 6.77. The number of nitrogens with one attached hydrogen (secondary N) is 1. The van der Waals surface area contributed by atoms with E-state index in [0.717, 1.165) is 5.56 Å². The zero-order valence-corrected chi connectivity index (χ0v) is 20.7. The largest absolute Gasteiger partial charge is 0.460 e. The van der Waals surface area contributed by atoms with Gasteiger partial charge in [-0.1, -0.05) is 24.3 Å². The molecular formula is C29H23N3O7. The Kier molecular flexibility index (Phi) is 6.47. The SMILES string of the molecule is N#Cc1cccc(COC(=O)C2C(CCc3ccc4c(c3)OCO4)=NC(=O)NC2c2ccc3c(c2)OCO3)c1. The number of ether oxygens (including phenoxy) is 5. The molecule has 2 amide bonds. The first-order valence-corrected chi connectivity index (χ1v) is 12.4.